The minimum absolute atomic E-state index is 0. The molecule has 0 amide bonds. The number of hydrogen-bond acceptors (Lipinski definition) is 3. The van der Waals surface area contributed by atoms with E-state index in [1.165, 1.54) is 37.1 Å². The van der Waals surface area contributed by atoms with Crippen molar-refractivity contribution in [2.45, 2.75) is 32.5 Å². The van der Waals surface area contributed by atoms with E-state index in [9.17, 15) is 0 Å². The van der Waals surface area contributed by atoms with Crippen LogP contribution in [0.25, 0.3) is 11.0 Å². The SMILES string of the molecule is CN=C(NCc1ccc(CN2CCCC2)cc1)NCc1cc2ccccc2o1.I. The third-order valence-electron chi connectivity index (χ3n) is 5.22. The molecular weight excluding hydrogens is 475 g/mol. The van der Waals surface area contributed by atoms with E-state index in [1.54, 1.807) is 7.05 Å². The zero-order chi connectivity index (χ0) is 19.2. The minimum Gasteiger partial charge on any atom is -0.459 e. The Balaban J connectivity index is 0.00000240. The molecule has 3 aromatic rings. The molecule has 2 aromatic carbocycles. The zero-order valence-electron chi connectivity index (χ0n) is 16.9. The molecule has 0 unspecified atom stereocenters. The molecule has 2 heterocycles. The van der Waals surface area contributed by atoms with Gasteiger partial charge in [-0.05, 0) is 49.2 Å². The summed E-state index contributed by atoms with van der Waals surface area (Å²) in [7, 11) is 1.78. The van der Waals surface area contributed by atoms with Crippen molar-refractivity contribution >= 4 is 40.9 Å². The number of benzene rings is 2. The molecule has 0 saturated carbocycles. The highest BCUT2D eigenvalue weighted by molar-refractivity contribution is 14.0. The minimum atomic E-state index is 0. The molecule has 29 heavy (non-hydrogen) atoms. The van der Waals surface area contributed by atoms with E-state index in [0.29, 0.717) is 6.54 Å². The average molecular weight is 504 g/mol. The monoisotopic (exact) mass is 504 g/mol. The van der Waals surface area contributed by atoms with Gasteiger partial charge in [-0.15, -0.1) is 24.0 Å². The molecule has 1 saturated heterocycles. The summed E-state index contributed by atoms with van der Waals surface area (Å²) in [6.45, 7) is 4.87. The van der Waals surface area contributed by atoms with Crippen molar-refractivity contribution in [2.75, 3.05) is 20.1 Å². The molecule has 0 radical (unpaired) electrons. The van der Waals surface area contributed by atoms with Crippen LogP contribution in [0, 0.1) is 0 Å². The fourth-order valence-electron chi connectivity index (χ4n) is 3.66. The lowest BCUT2D eigenvalue weighted by Gasteiger charge is -2.15. The Bertz CT molecular complexity index is 896. The van der Waals surface area contributed by atoms with Crippen molar-refractivity contribution in [1.82, 2.24) is 15.5 Å². The first kappa shape index (κ1) is 21.6. The van der Waals surface area contributed by atoms with Crippen LogP contribution in [-0.4, -0.2) is 31.0 Å². The summed E-state index contributed by atoms with van der Waals surface area (Å²) in [5.74, 6) is 1.66. The first-order chi connectivity index (χ1) is 13.8. The summed E-state index contributed by atoms with van der Waals surface area (Å²) in [5, 5.41) is 7.81. The normalized spacial score (nSPS) is 14.7. The molecule has 6 heteroatoms. The van der Waals surface area contributed by atoms with E-state index >= 15 is 0 Å². The van der Waals surface area contributed by atoms with Gasteiger partial charge in [0.05, 0.1) is 6.54 Å². The van der Waals surface area contributed by atoms with Crippen molar-refractivity contribution in [1.29, 1.82) is 0 Å². The van der Waals surface area contributed by atoms with Crippen LogP contribution in [0.15, 0.2) is 64.0 Å². The second-order valence-electron chi connectivity index (χ2n) is 7.33. The predicted octanol–water partition coefficient (Wildman–Crippen LogP) is 4.51. The summed E-state index contributed by atoms with van der Waals surface area (Å²) >= 11 is 0. The molecule has 1 aromatic heterocycles. The summed E-state index contributed by atoms with van der Waals surface area (Å²) in [5.41, 5.74) is 3.55. The third kappa shape index (κ3) is 5.96. The maximum atomic E-state index is 5.84. The topological polar surface area (TPSA) is 52.8 Å². The lowest BCUT2D eigenvalue weighted by atomic mass is 10.1. The van der Waals surface area contributed by atoms with E-state index in [-0.39, 0.29) is 24.0 Å². The molecule has 2 N–H and O–H groups in total. The van der Waals surface area contributed by atoms with Crippen molar-refractivity contribution in [3.8, 4) is 0 Å². The second-order valence-corrected chi connectivity index (χ2v) is 7.33. The fraction of sp³-hybridized carbons (Fsp3) is 0.348. The van der Waals surface area contributed by atoms with Gasteiger partial charge < -0.3 is 15.1 Å². The number of nitrogens with zero attached hydrogens (tertiary/aromatic N) is 2. The summed E-state index contributed by atoms with van der Waals surface area (Å²) in [4.78, 5) is 6.83. The van der Waals surface area contributed by atoms with Crippen LogP contribution in [0.4, 0.5) is 0 Å². The van der Waals surface area contributed by atoms with Gasteiger partial charge in [0, 0.05) is 25.5 Å². The van der Waals surface area contributed by atoms with Crippen LogP contribution < -0.4 is 10.6 Å². The number of nitrogens with one attached hydrogen (secondary N) is 2. The molecule has 0 spiro atoms. The van der Waals surface area contributed by atoms with Crippen molar-refractivity contribution in [3.05, 3.63) is 71.5 Å². The maximum absolute atomic E-state index is 5.84. The summed E-state index contributed by atoms with van der Waals surface area (Å²) in [6, 6.07) is 19.0. The van der Waals surface area contributed by atoms with Gasteiger partial charge in [0.25, 0.3) is 0 Å². The molecule has 154 valence electrons. The zero-order valence-corrected chi connectivity index (χ0v) is 19.2. The maximum Gasteiger partial charge on any atom is 0.191 e. The lowest BCUT2D eigenvalue weighted by molar-refractivity contribution is 0.331. The average Bonchev–Trinajstić information content (AvgIpc) is 3.38. The Morgan fingerprint density at radius 3 is 2.38 bits per heavy atom. The van der Waals surface area contributed by atoms with E-state index < -0.39 is 0 Å². The molecule has 0 bridgehead atoms. The van der Waals surface area contributed by atoms with Gasteiger partial charge in [-0.1, -0.05) is 42.5 Å². The van der Waals surface area contributed by atoms with Crippen molar-refractivity contribution in [2.24, 2.45) is 4.99 Å². The molecule has 0 aliphatic carbocycles. The fourth-order valence-corrected chi connectivity index (χ4v) is 3.66. The highest BCUT2D eigenvalue weighted by Crippen LogP contribution is 2.18. The van der Waals surface area contributed by atoms with Crippen LogP contribution in [0.5, 0.6) is 0 Å². The predicted molar refractivity (Wildman–Crippen MR) is 130 cm³/mol. The number of halogens is 1. The van der Waals surface area contributed by atoms with Crippen LogP contribution in [0.3, 0.4) is 0 Å². The van der Waals surface area contributed by atoms with E-state index in [1.807, 2.05) is 18.2 Å². The molecule has 0 atom stereocenters. The number of hydrogen-bond donors (Lipinski definition) is 2. The lowest BCUT2D eigenvalue weighted by Crippen LogP contribution is -2.36. The van der Waals surface area contributed by atoms with Gasteiger partial charge in [-0.25, -0.2) is 0 Å². The van der Waals surface area contributed by atoms with Crippen LogP contribution in [0.2, 0.25) is 0 Å². The molecular formula is C23H29IN4O. The number of rotatable bonds is 6. The van der Waals surface area contributed by atoms with Crippen molar-refractivity contribution < 1.29 is 4.42 Å². The van der Waals surface area contributed by atoms with Gasteiger partial charge in [-0.2, -0.15) is 0 Å². The Morgan fingerprint density at radius 1 is 0.966 bits per heavy atom. The van der Waals surface area contributed by atoms with E-state index in [2.05, 4.69) is 56.9 Å². The molecule has 1 aliphatic rings. The van der Waals surface area contributed by atoms with E-state index in [4.69, 9.17) is 4.42 Å². The second kappa shape index (κ2) is 10.6. The van der Waals surface area contributed by atoms with Gasteiger partial charge in [-0.3, -0.25) is 9.89 Å². The Morgan fingerprint density at radius 2 is 1.66 bits per heavy atom. The standard InChI is InChI=1S/C23H28N4O.HI/c1-24-23(26-16-21-14-20-6-2-3-7-22(20)28-21)25-15-18-8-10-19(11-9-18)17-27-12-4-5-13-27;/h2-3,6-11,14H,4-5,12-13,15-17H2,1H3,(H2,24,25,26);1H. The molecule has 4 rings (SSSR count). The Hall–Kier alpha value is -2.06. The number of guanidine groups is 1. The number of para-hydroxylation sites is 1. The molecule has 1 fully saturated rings. The van der Waals surface area contributed by atoms with E-state index in [0.717, 1.165) is 35.8 Å². The summed E-state index contributed by atoms with van der Waals surface area (Å²) in [6.07, 6.45) is 2.67. The number of aliphatic imine (C=N–C) groups is 1. The van der Waals surface area contributed by atoms with Gasteiger partial charge in [0.15, 0.2) is 5.96 Å². The smallest absolute Gasteiger partial charge is 0.191 e. The Labute approximate surface area is 189 Å². The van der Waals surface area contributed by atoms with Crippen LogP contribution in [0.1, 0.15) is 29.7 Å². The van der Waals surface area contributed by atoms with Crippen LogP contribution >= 0.6 is 24.0 Å². The molecule has 5 nitrogen and oxygen atoms in total. The Kier molecular flexibility index (Phi) is 7.94. The highest BCUT2D eigenvalue weighted by atomic mass is 127. The number of furan rings is 1. The first-order valence-corrected chi connectivity index (χ1v) is 10.0. The largest absolute Gasteiger partial charge is 0.459 e. The quantitative estimate of drug-likeness (QED) is 0.295. The van der Waals surface area contributed by atoms with Gasteiger partial charge in [0.2, 0.25) is 0 Å². The number of fused-ring (bicyclic) bond motifs is 1. The van der Waals surface area contributed by atoms with Crippen LogP contribution in [-0.2, 0) is 19.6 Å². The first-order valence-electron chi connectivity index (χ1n) is 10.0. The van der Waals surface area contributed by atoms with Crippen molar-refractivity contribution in [3.63, 3.8) is 0 Å². The number of likely N-dealkylation sites (tertiary alicyclic amines) is 1. The molecule has 1 aliphatic heterocycles. The van der Waals surface area contributed by atoms with Gasteiger partial charge in [0.1, 0.15) is 11.3 Å². The highest BCUT2D eigenvalue weighted by Gasteiger charge is 2.11. The summed E-state index contributed by atoms with van der Waals surface area (Å²) < 4.78 is 5.84. The van der Waals surface area contributed by atoms with Gasteiger partial charge >= 0.3 is 0 Å². The third-order valence-corrected chi connectivity index (χ3v) is 5.22.